The molecule has 1 aromatic carbocycles. The second-order valence-electron chi connectivity index (χ2n) is 5.48. The largest absolute Gasteiger partial charge is 0.477 e. The lowest BCUT2D eigenvalue weighted by molar-refractivity contribution is -0.118. The third-order valence-electron chi connectivity index (χ3n) is 3.53. The van der Waals surface area contributed by atoms with E-state index in [-0.39, 0.29) is 33.7 Å². The number of thiophene rings is 1. The molecule has 2 rings (SSSR count). The maximum atomic E-state index is 13.6. The summed E-state index contributed by atoms with van der Waals surface area (Å²) in [5.74, 6) is -11.2. The number of nitrogens with two attached hydrogens (primary N) is 1. The number of hydrogen-bond donors (Lipinski definition) is 2. The van der Waals surface area contributed by atoms with E-state index >= 15 is 0 Å². The Hall–Kier alpha value is -3.15. The number of carbonyl (C=O) groups is 3. The van der Waals surface area contributed by atoms with Crippen molar-refractivity contribution in [2.24, 2.45) is 5.73 Å². The minimum atomic E-state index is -1.81. The highest BCUT2D eigenvalue weighted by molar-refractivity contribution is 7.18. The summed E-state index contributed by atoms with van der Waals surface area (Å²) in [5, 5.41) is 2.08. The van der Waals surface area contributed by atoms with Crippen LogP contribution in [0.25, 0.3) is 0 Å². The van der Waals surface area contributed by atoms with Crippen molar-refractivity contribution < 1.29 is 41.4 Å². The molecule has 0 saturated carbocycles. The highest BCUT2D eigenvalue weighted by Gasteiger charge is 2.26. The van der Waals surface area contributed by atoms with Gasteiger partial charge in [0.15, 0.2) is 24.0 Å². The third kappa shape index (κ3) is 4.65. The zero-order valence-corrected chi connectivity index (χ0v) is 15.8. The quantitative estimate of drug-likeness (QED) is 0.396. The van der Waals surface area contributed by atoms with E-state index in [4.69, 9.17) is 10.5 Å². The van der Waals surface area contributed by atoms with Crippen molar-refractivity contribution in [2.45, 2.75) is 13.8 Å². The molecule has 0 spiro atoms. The average Bonchev–Trinajstić information content (AvgIpc) is 2.96. The molecular weight excluding hydrogens is 420 g/mol. The van der Waals surface area contributed by atoms with Gasteiger partial charge in [-0.25, -0.2) is 13.6 Å². The third-order valence-corrected chi connectivity index (χ3v) is 4.71. The van der Waals surface area contributed by atoms with Crippen LogP contribution in [0.15, 0.2) is 6.07 Å². The van der Waals surface area contributed by atoms with Crippen molar-refractivity contribution >= 4 is 34.1 Å². The molecule has 0 aliphatic carbocycles. The smallest absolute Gasteiger partial charge is 0.348 e. The van der Waals surface area contributed by atoms with Crippen molar-refractivity contribution in [3.8, 4) is 5.75 Å². The summed E-state index contributed by atoms with van der Waals surface area (Å²) in [7, 11) is 0. The SMILES string of the molecule is CCOC(=O)c1sc(NC(=O)COc2c(F)c(F)cc(F)c2F)c(C(N)=O)c1C. The van der Waals surface area contributed by atoms with Gasteiger partial charge in [0.1, 0.15) is 9.88 Å². The lowest BCUT2D eigenvalue weighted by atomic mass is 10.1. The van der Waals surface area contributed by atoms with Crippen LogP contribution in [-0.4, -0.2) is 31.0 Å². The van der Waals surface area contributed by atoms with Crippen LogP contribution in [0.5, 0.6) is 5.75 Å². The average molecular weight is 434 g/mol. The molecule has 2 aromatic rings. The van der Waals surface area contributed by atoms with E-state index in [1.807, 2.05) is 0 Å². The predicted molar refractivity (Wildman–Crippen MR) is 93.9 cm³/mol. The fraction of sp³-hybridized carbons (Fsp3) is 0.235. The highest BCUT2D eigenvalue weighted by atomic mass is 32.1. The molecule has 0 fully saturated rings. The molecule has 0 aliphatic rings. The first-order chi connectivity index (χ1) is 13.6. The second kappa shape index (κ2) is 8.90. The first-order valence-electron chi connectivity index (χ1n) is 7.94. The summed E-state index contributed by atoms with van der Waals surface area (Å²) < 4.78 is 62.8. The molecule has 0 unspecified atom stereocenters. The van der Waals surface area contributed by atoms with E-state index in [9.17, 15) is 31.9 Å². The van der Waals surface area contributed by atoms with Crippen LogP contribution in [0.4, 0.5) is 22.6 Å². The normalized spacial score (nSPS) is 10.6. The van der Waals surface area contributed by atoms with Gasteiger partial charge < -0.3 is 20.5 Å². The van der Waals surface area contributed by atoms with Crippen molar-refractivity contribution in [2.75, 3.05) is 18.5 Å². The number of esters is 1. The van der Waals surface area contributed by atoms with Gasteiger partial charge in [0.25, 0.3) is 11.8 Å². The van der Waals surface area contributed by atoms with E-state index in [0.717, 1.165) is 0 Å². The lowest BCUT2D eigenvalue weighted by Crippen LogP contribution is -2.23. The van der Waals surface area contributed by atoms with Crippen molar-refractivity contribution in [1.82, 2.24) is 0 Å². The fourth-order valence-electron chi connectivity index (χ4n) is 2.27. The first kappa shape index (κ1) is 22.1. The van der Waals surface area contributed by atoms with E-state index in [1.165, 1.54) is 6.92 Å². The van der Waals surface area contributed by atoms with Gasteiger partial charge >= 0.3 is 5.97 Å². The van der Waals surface area contributed by atoms with Gasteiger partial charge in [-0.3, -0.25) is 9.59 Å². The minimum Gasteiger partial charge on any atom is -0.477 e. The number of halogens is 4. The molecule has 2 amide bonds. The first-order valence-corrected chi connectivity index (χ1v) is 8.76. The van der Waals surface area contributed by atoms with Crippen LogP contribution in [0.2, 0.25) is 0 Å². The van der Waals surface area contributed by atoms with Gasteiger partial charge in [0, 0.05) is 6.07 Å². The molecule has 0 radical (unpaired) electrons. The molecule has 12 heteroatoms. The Morgan fingerprint density at radius 2 is 1.72 bits per heavy atom. The molecule has 3 N–H and O–H groups in total. The van der Waals surface area contributed by atoms with Gasteiger partial charge in [-0.15, -0.1) is 11.3 Å². The van der Waals surface area contributed by atoms with E-state index in [2.05, 4.69) is 10.1 Å². The molecule has 29 heavy (non-hydrogen) atoms. The van der Waals surface area contributed by atoms with Crippen molar-refractivity contribution in [1.29, 1.82) is 0 Å². The van der Waals surface area contributed by atoms with Crippen LogP contribution < -0.4 is 15.8 Å². The number of anilines is 1. The van der Waals surface area contributed by atoms with Crippen molar-refractivity contribution in [3.63, 3.8) is 0 Å². The van der Waals surface area contributed by atoms with E-state index < -0.39 is 53.4 Å². The Balaban J connectivity index is 2.23. The van der Waals surface area contributed by atoms with Crippen molar-refractivity contribution in [3.05, 3.63) is 45.3 Å². The summed E-state index contributed by atoms with van der Waals surface area (Å²) in [5.41, 5.74) is 5.27. The minimum absolute atomic E-state index is 0.0118. The number of carbonyl (C=O) groups excluding carboxylic acids is 3. The number of rotatable bonds is 7. The maximum Gasteiger partial charge on any atom is 0.348 e. The summed E-state index contributed by atoms with van der Waals surface area (Å²) in [4.78, 5) is 35.7. The Kier molecular flexibility index (Phi) is 6.80. The summed E-state index contributed by atoms with van der Waals surface area (Å²) >= 11 is 0.693. The van der Waals surface area contributed by atoms with Crippen LogP contribution in [0, 0.1) is 30.2 Å². The second-order valence-corrected chi connectivity index (χ2v) is 6.50. The molecule has 0 aliphatic heterocycles. The van der Waals surface area contributed by atoms with Gasteiger partial charge in [-0.2, -0.15) is 8.78 Å². The van der Waals surface area contributed by atoms with Crippen LogP contribution in [0.1, 0.15) is 32.5 Å². The molecule has 0 atom stereocenters. The maximum absolute atomic E-state index is 13.6. The van der Waals surface area contributed by atoms with Gasteiger partial charge in [-0.1, -0.05) is 0 Å². The van der Waals surface area contributed by atoms with Gasteiger partial charge in [-0.05, 0) is 19.4 Å². The topological polar surface area (TPSA) is 108 Å². The number of benzene rings is 1. The monoisotopic (exact) mass is 434 g/mol. The lowest BCUT2D eigenvalue weighted by Gasteiger charge is -2.10. The predicted octanol–water partition coefficient (Wildman–Crippen LogP) is 2.91. The summed E-state index contributed by atoms with van der Waals surface area (Å²) in [6, 6.07) is -0.0118. The Morgan fingerprint density at radius 1 is 1.14 bits per heavy atom. The molecule has 1 heterocycles. The molecule has 7 nitrogen and oxygen atoms in total. The zero-order chi connectivity index (χ0) is 21.9. The Bertz CT molecular complexity index is 967. The molecular formula is C17H14F4N2O5S. The zero-order valence-electron chi connectivity index (χ0n) is 15.0. The van der Waals surface area contributed by atoms with Gasteiger partial charge in [0.2, 0.25) is 11.6 Å². The number of amides is 2. The van der Waals surface area contributed by atoms with E-state index in [0.29, 0.717) is 11.3 Å². The number of ether oxygens (including phenoxy) is 2. The molecule has 0 bridgehead atoms. The Morgan fingerprint density at radius 3 is 2.24 bits per heavy atom. The van der Waals surface area contributed by atoms with Crippen LogP contribution >= 0.6 is 11.3 Å². The highest BCUT2D eigenvalue weighted by Crippen LogP contribution is 2.33. The van der Waals surface area contributed by atoms with Crippen LogP contribution in [0.3, 0.4) is 0 Å². The number of primary amides is 1. The fourth-order valence-corrected chi connectivity index (χ4v) is 3.39. The van der Waals surface area contributed by atoms with Crippen LogP contribution in [-0.2, 0) is 9.53 Å². The molecule has 0 saturated heterocycles. The molecule has 156 valence electrons. The molecule has 1 aromatic heterocycles. The standard InChI is InChI=1S/C17H14F4N2O5S/c1-3-27-17(26)14-6(2)10(15(22)25)16(29-14)23-9(24)5-28-13-11(20)7(18)4-8(19)12(13)21/h4H,3,5H2,1-2H3,(H2,22,25)(H,23,24). The number of nitrogens with one attached hydrogen (secondary N) is 1. The summed E-state index contributed by atoms with van der Waals surface area (Å²) in [6.45, 7) is 2.00. The van der Waals surface area contributed by atoms with E-state index in [1.54, 1.807) is 6.92 Å². The Labute approximate surface area is 165 Å². The van der Waals surface area contributed by atoms with Gasteiger partial charge in [0.05, 0.1) is 12.2 Å². The summed E-state index contributed by atoms with van der Waals surface area (Å²) in [6.07, 6.45) is 0. The number of hydrogen-bond acceptors (Lipinski definition) is 6.